The minimum atomic E-state index is -0.206. The number of halogens is 1. The predicted molar refractivity (Wildman–Crippen MR) is 120 cm³/mol. The minimum absolute atomic E-state index is 0.128. The summed E-state index contributed by atoms with van der Waals surface area (Å²) in [7, 11) is 0. The van der Waals surface area contributed by atoms with E-state index in [9.17, 15) is 9.59 Å². The molecule has 1 aromatic carbocycles. The first-order valence-electron chi connectivity index (χ1n) is 9.99. The van der Waals surface area contributed by atoms with Crippen molar-refractivity contribution in [3.05, 3.63) is 75.2 Å². The third-order valence-electron chi connectivity index (χ3n) is 5.37. The summed E-state index contributed by atoms with van der Waals surface area (Å²) in [5.41, 5.74) is 3.04. The summed E-state index contributed by atoms with van der Waals surface area (Å²) in [6, 6.07) is 8.91. The number of amides is 2. The van der Waals surface area contributed by atoms with E-state index in [0.29, 0.717) is 33.5 Å². The van der Waals surface area contributed by atoms with E-state index < -0.39 is 0 Å². The number of benzene rings is 1. The number of thiophene rings is 1. The molecule has 1 aliphatic rings. The van der Waals surface area contributed by atoms with Gasteiger partial charge in [0.05, 0.1) is 31.1 Å². The van der Waals surface area contributed by atoms with E-state index in [4.69, 9.17) is 20.4 Å². The lowest BCUT2D eigenvalue weighted by Gasteiger charge is -2.09. The number of aryl methyl sites for hydroxylation is 1. The van der Waals surface area contributed by atoms with Gasteiger partial charge in [0.1, 0.15) is 16.3 Å². The van der Waals surface area contributed by atoms with E-state index in [1.54, 1.807) is 36.8 Å². The maximum Gasteiger partial charge on any atom is 0.254 e. The van der Waals surface area contributed by atoms with Crippen LogP contribution in [0.2, 0.25) is 5.02 Å². The predicted octanol–water partition coefficient (Wildman–Crippen LogP) is 5.34. The van der Waals surface area contributed by atoms with Crippen LogP contribution in [0.4, 0.5) is 5.00 Å². The zero-order chi connectivity index (χ0) is 21.4. The smallest absolute Gasteiger partial charge is 0.254 e. The highest BCUT2D eigenvalue weighted by atomic mass is 35.5. The van der Waals surface area contributed by atoms with Crippen LogP contribution >= 0.6 is 22.9 Å². The molecule has 0 saturated carbocycles. The van der Waals surface area contributed by atoms with Gasteiger partial charge in [-0.1, -0.05) is 11.6 Å². The van der Waals surface area contributed by atoms with Gasteiger partial charge in [0.2, 0.25) is 5.91 Å². The summed E-state index contributed by atoms with van der Waals surface area (Å²) in [5, 5.41) is 7.84. The van der Waals surface area contributed by atoms with Gasteiger partial charge in [-0.2, -0.15) is 0 Å². The van der Waals surface area contributed by atoms with Crippen molar-refractivity contribution in [1.82, 2.24) is 5.32 Å². The van der Waals surface area contributed by atoms with Crippen LogP contribution in [0.1, 0.15) is 38.5 Å². The molecule has 3 heterocycles. The molecule has 0 unspecified atom stereocenters. The van der Waals surface area contributed by atoms with E-state index in [2.05, 4.69) is 10.6 Å². The summed E-state index contributed by atoms with van der Waals surface area (Å²) in [5.74, 6) is 0.269. The van der Waals surface area contributed by atoms with Crippen LogP contribution < -0.4 is 10.6 Å². The molecule has 4 aromatic rings. The maximum atomic E-state index is 13.0. The van der Waals surface area contributed by atoms with Crippen LogP contribution in [0, 0.1) is 0 Å². The van der Waals surface area contributed by atoms with E-state index in [1.165, 1.54) is 16.2 Å². The number of carbonyl (C=O) groups is 2. The Morgan fingerprint density at radius 2 is 2.06 bits per heavy atom. The summed E-state index contributed by atoms with van der Waals surface area (Å²) < 4.78 is 10.8. The number of hydrogen-bond donors (Lipinski definition) is 2. The molecule has 31 heavy (non-hydrogen) atoms. The molecule has 158 valence electrons. The molecule has 0 spiro atoms. The molecule has 0 saturated heterocycles. The summed E-state index contributed by atoms with van der Waals surface area (Å²) in [6.07, 6.45) is 6.07. The minimum Gasteiger partial charge on any atom is -0.467 e. The van der Waals surface area contributed by atoms with E-state index >= 15 is 0 Å². The Bertz CT molecular complexity index is 1270. The molecule has 8 heteroatoms. The molecule has 2 amide bonds. The Kier molecular flexibility index (Phi) is 5.29. The highest BCUT2D eigenvalue weighted by Crippen LogP contribution is 2.39. The molecular weight excluding hydrogens is 436 g/mol. The van der Waals surface area contributed by atoms with Gasteiger partial charge in [-0.15, -0.1) is 11.3 Å². The molecule has 2 N–H and O–H groups in total. The molecule has 0 fully saturated rings. The SMILES string of the molecule is O=C(Cc1coc2ccc(Cl)cc12)Nc1sc2c(c1C(=O)NCc1ccco1)CCC2. The Morgan fingerprint density at radius 1 is 1.16 bits per heavy atom. The molecule has 1 aliphatic carbocycles. The lowest BCUT2D eigenvalue weighted by atomic mass is 10.1. The number of fused-ring (bicyclic) bond motifs is 2. The number of furan rings is 2. The highest BCUT2D eigenvalue weighted by Gasteiger charge is 2.27. The first kappa shape index (κ1) is 19.9. The van der Waals surface area contributed by atoms with Gasteiger partial charge in [0.25, 0.3) is 5.91 Å². The average Bonchev–Trinajstić information content (AvgIpc) is 3.51. The van der Waals surface area contributed by atoms with Crippen molar-refractivity contribution < 1.29 is 18.4 Å². The van der Waals surface area contributed by atoms with Gasteiger partial charge in [-0.05, 0) is 55.2 Å². The van der Waals surface area contributed by atoms with Gasteiger partial charge in [0.15, 0.2) is 0 Å². The Labute approximate surface area is 187 Å². The number of anilines is 1. The summed E-state index contributed by atoms with van der Waals surface area (Å²) >= 11 is 7.57. The van der Waals surface area contributed by atoms with Crippen molar-refractivity contribution in [1.29, 1.82) is 0 Å². The lowest BCUT2D eigenvalue weighted by Crippen LogP contribution is -2.25. The van der Waals surface area contributed by atoms with Crippen molar-refractivity contribution in [2.24, 2.45) is 0 Å². The zero-order valence-corrected chi connectivity index (χ0v) is 18.1. The standard InChI is InChI=1S/C23H19ClN2O4S/c24-14-6-7-18-17(10-14)13(12-30-18)9-20(27)26-23-21(16-4-1-5-19(16)31-23)22(28)25-11-15-3-2-8-29-15/h2-3,6-8,10,12H,1,4-5,9,11H2,(H,25,28)(H,26,27). The number of hydrogen-bond acceptors (Lipinski definition) is 5. The summed E-state index contributed by atoms with van der Waals surface area (Å²) in [6.45, 7) is 0.297. The van der Waals surface area contributed by atoms with Crippen LogP contribution in [-0.4, -0.2) is 11.8 Å². The first-order valence-corrected chi connectivity index (χ1v) is 11.2. The van der Waals surface area contributed by atoms with E-state index in [1.807, 2.05) is 6.07 Å². The second kappa shape index (κ2) is 8.24. The molecule has 0 radical (unpaired) electrons. The van der Waals surface area contributed by atoms with E-state index in [0.717, 1.165) is 35.8 Å². The molecule has 0 bridgehead atoms. The zero-order valence-electron chi connectivity index (χ0n) is 16.5. The fraction of sp³-hybridized carbons (Fsp3) is 0.217. The highest BCUT2D eigenvalue weighted by molar-refractivity contribution is 7.17. The van der Waals surface area contributed by atoms with Crippen LogP contribution in [-0.2, 0) is 30.6 Å². The van der Waals surface area contributed by atoms with Crippen LogP contribution in [0.3, 0.4) is 0 Å². The normalized spacial score (nSPS) is 12.8. The van der Waals surface area contributed by atoms with E-state index in [-0.39, 0.29) is 18.2 Å². The molecule has 0 aliphatic heterocycles. The lowest BCUT2D eigenvalue weighted by molar-refractivity contribution is -0.115. The van der Waals surface area contributed by atoms with Gasteiger partial charge in [-0.3, -0.25) is 9.59 Å². The molecule has 0 atom stereocenters. The third kappa shape index (κ3) is 3.98. The molecule has 5 rings (SSSR count). The topological polar surface area (TPSA) is 84.5 Å². The average molecular weight is 455 g/mol. The first-order chi connectivity index (χ1) is 15.1. The van der Waals surface area contributed by atoms with Crippen LogP contribution in [0.5, 0.6) is 0 Å². The van der Waals surface area contributed by atoms with Crippen LogP contribution in [0.25, 0.3) is 11.0 Å². The fourth-order valence-electron chi connectivity index (χ4n) is 3.94. The largest absolute Gasteiger partial charge is 0.467 e. The summed E-state index contributed by atoms with van der Waals surface area (Å²) in [4.78, 5) is 27.0. The van der Waals surface area contributed by atoms with Crippen molar-refractivity contribution in [2.45, 2.75) is 32.2 Å². The second-order valence-electron chi connectivity index (χ2n) is 7.45. The monoisotopic (exact) mass is 454 g/mol. The second-order valence-corrected chi connectivity index (χ2v) is 8.99. The van der Waals surface area contributed by atoms with Crippen molar-refractivity contribution in [3.63, 3.8) is 0 Å². The third-order valence-corrected chi connectivity index (χ3v) is 6.81. The van der Waals surface area contributed by atoms with Gasteiger partial charge < -0.3 is 19.5 Å². The molecule has 6 nitrogen and oxygen atoms in total. The van der Waals surface area contributed by atoms with Gasteiger partial charge >= 0.3 is 0 Å². The number of nitrogens with one attached hydrogen (secondary N) is 2. The van der Waals surface area contributed by atoms with Crippen molar-refractivity contribution in [2.75, 3.05) is 5.32 Å². The Morgan fingerprint density at radius 3 is 2.90 bits per heavy atom. The van der Waals surface area contributed by atoms with Crippen molar-refractivity contribution in [3.8, 4) is 0 Å². The number of rotatable bonds is 6. The molecular formula is C23H19ClN2O4S. The maximum absolute atomic E-state index is 13.0. The van der Waals surface area contributed by atoms with Gasteiger partial charge in [-0.25, -0.2) is 0 Å². The van der Waals surface area contributed by atoms with Crippen LogP contribution in [0.15, 0.2) is 51.7 Å². The fourth-order valence-corrected chi connectivity index (χ4v) is 5.41. The molecule has 3 aromatic heterocycles. The van der Waals surface area contributed by atoms with Crippen molar-refractivity contribution >= 4 is 50.7 Å². The van der Waals surface area contributed by atoms with Gasteiger partial charge in [0, 0.05) is 20.8 Å². The Hall–Kier alpha value is -3.03. The number of carbonyl (C=O) groups excluding carboxylic acids is 2. The quantitative estimate of drug-likeness (QED) is 0.411. The Balaban J connectivity index is 1.35.